The van der Waals surface area contributed by atoms with Crippen LogP contribution in [0, 0.1) is 6.92 Å². The highest BCUT2D eigenvalue weighted by Gasteiger charge is 2.23. The summed E-state index contributed by atoms with van der Waals surface area (Å²) in [5.41, 5.74) is 2.48. The molecule has 8 heteroatoms. The van der Waals surface area contributed by atoms with Crippen molar-refractivity contribution in [3.63, 3.8) is 0 Å². The summed E-state index contributed by atoms with van der Waals surface area (Å²) in [6.45, 7) is 1.40. The number of carbonyl (C=O) groups excluding carboxylic acids is 2. The molecule has 0 saturated heterocycles. The molecule has 4 rings (SSSR count). The largest absolute Gasteiger partial charge is 0.497 e. The standard InChI is InChI=1S/C28H26N2O6/c1-17-9-11-18(12-10-17)25-20-7-5-6-8-21(20)27(32)30(2)26(25)28(33)36-16-24(31)29-22-15-19(34-3)13-14-23(22)35-4/h5-15H,16H2,1-4H3,(H,29,31). The molecule has 1 aromatic heterocycles. The van der Waals surface area contributed by atoms with Crippen molar-refractivity contribution in [2.45, 2.75) is 6.92 Å². The van der Waals surface area contributed by atoms with E-state index in [1.54, 1.807) is 36.4 Å². The van der Waals surface area contributed by atoms with E-state index in [2.05, 4.69) is 5.32 Å². The Balaban J connectivity index is 1.67. The van der Waals surface area contributed by atoms with Crippen LogP contribution in [0.5, 0.6) is 11.5 Å². The van der Waals surface area contributed by atoms with Crippen molar-refractivity contribution < 1.29 is 23.8 Å². The minimum absolute atomic E-state index is 0.0642. The summed E-state index contributed by atoms with van der Waals surface area (Å²) in [4.78, 5) is 39.0. The van der Waals surface area contributed by atoms with Gasteiger partial charge in [0.2, 0.25) is 0 Å². The first-order valence-electron chi connectivity index (χ1n) is 11.2. The van der Waals surface area contributed by atoms with Crippen LogP contribution >= 0.6 is 0 Å². The number of hydrogen-bond donors (Lipinski definition) is 1. The molecule has 0 fully saturated rings. The van der Waals surface area contributed by atoms with Gasteiger partial charge in [-0.3, -0.25) is 9.59 Å². The quantitative estimate of drug-likeness (QED) is 0.391. The van der Waals surface area contributed by atoms with Crippen molar-refractivity contribution in [3.05, 3.63) is 88.3 Å². The number of nitrogens with zero attached hydrogens (tertiary/aromatic N) is 1. The first-order chi connectivity index (χ1) is 17.3. The number of hydrogen-bond acceptors (Lipinski definition) is 6. The topological polar surface area (TPSA) is 95.9 Å². The summed E-state index contributed by atoms with van der Waals surface area (Å²) in [6.07, 6.45) is 0. The Morgan fingerprint density at radius 2 is 1.61 bits per heavy atom. The number of amides is 1. The maximum Gasteiger partial charge on any atom is 0.356 e. The lowest BCUT2D eigenvalue weighted by molar-refractivity contribution is -0.119. The van der Waals surface area contributed by atoms with Crippen molar-refractivity contribution >= 4 is 28.3 Å². The number of rotatable bonds is 7. The molecule has 0 radical (unpaired) electrons. The molecule has 36 heavy (non-hydrogen) atoms. The molecule has 1 amide bonds. The second kappa shape index (κ2) is 10.4. The number of esters is 1. The van der Waals surface area contributed by atoms with Crippen LogP contribution in [0.3, 0.4) is 0 Å². The zero-order valence-corrected chi connectivity index (χ0v) is 20.5. The number of benzene rings is 3. The molecular formula is C28H26N2O6. The van der Waals surface area contributed by atoms with Crippen LogP contribution < -0.4 is 20.3 Å². The van der Waals surface area contributed by atoms with Gasteiger partial charge in [0.05, 0.1) is 19.9 Å². The van der Waals surface area contributed by atoms with E-state index in [0.717, 1.165) is 11.1 Å². The van der Waals surface area contributed by atoms with Crippen LogP contribution in [0.2, 0.25) is 0 Å². The molecule has 0 spiro atoms. The molecule has 0 unspecified atom stereocenters. The first kappa shape index (κ1) is 24.5. The minimum atomic E-state index is -0.788. The Morgan fingerprint density at radius 1 is 0.917 bits per heavy atom. The molecule has 0 atom stereocenters. The highest BCUT2D eigenvalue weighted by molar-refractivity contribution is 6.07. The molecule has 1 N–H and O–H groups in total. The van der Waals surface area contributed by atoms with Crippen molar-refractivity contribution in [1.82, 2.24) is 4.57 Å². The number of methoxy groups -OCH3 is 2. The summed E-state index contributed by atoms with van der Waals surface area (Å²) < 4.78 is 17.1. The summed E-state index contributed by atoms with van der Waals surface area (Å²) in [6, 6.07) is 19.7. The lowest BCUT2D eigenvalue weighted by Gasteiger charge is -2.17. The lowest BCUT2D eigenvalue weighted by atomic mass is 9.96. The second-order valence-electron chi connectivity index (χ2n) is 8.19. The van der Waals surface area contributed by atoms with E-state index in [0.29, 0.717) is 33.5 Å². The third-order valence-corrected chi connectivity index (χ3v) is 5.85. The van der Waals surface area contributed by atoms with E-state index >= 15 is 0 Å². The van der Waals surface area contributed by atoms with E-state index in [-0.39, 0.29) is 11.3 Å². The fraction of sp³-hybridized carbons (Fsp3) is 0.179. The molecule has 8 nitrogen and oxygen atoms in total. The molecule has 0 aliphatic carbocycles. The number of carbonyl (C=O) groups is 2. The maximum absolute atomic E-state index is 13.3. The number of aromatic nitrogens is 1. The van der Waals surface area contributed by atoms with E-state index in [4.69, 9.17) is 14.2 Å². The monoisotopic (exact) mass is 486 g/mol. The number of pyridine rings is 1. The van der Waals surface area contributed by atoms with Crippen molar-refractivity contribution in [1.29, 1.82) is 0 Å². The molecule has 184 valence electrons. The predicted molar refractivity (Wildman–Crippen MR) is 138 cm³/mol. The van der Waals surface area contributed by atoms with Gasteiger partial charge in [-0.15, -0.1) is 0 Å². The SMILES string of the molecule is COc1ccc(OC)c(NC(=O)COC(=O)c2c(-c3ccc(C)cc3)c3ccccc3c(=O)n2C)c1. The van der Waals surface area contributed by atoms with Gasteiger partial charge in [0, 0.05) is 24.1 Å². The molecule has 1 heterocycles. The van der Waals surface area contributed by atoms with Gasteiger partial charge in [0.15, 0.2) is 6.61 Å². The molecule has 0 aliphatic rings. The van der Waals surface area contributed by atoms with E-state index in [1.807, 2.05) is 37.3 Å². The predicted octanol–water partition coefficient (Wildman–Crippen LogP) is 4.33. The summed E-state index contributed by atoms with van der Waals surface area (Å²) in [5.74, 6) is -0.410. The molecule has 4 aromatic rings. The highest BCUT2D eigenvalue weighted by Crippen LogP contribution is 2.32. The van der Waals surface area contributed by atoms with Gasteiger partial charge in [-0.25, -0.2) is 4.79 Å². The number of nitrogens with one attached hydrogen (secondary N) is 1. The van der Waals surface area contributed by atoms with Crippen LogP contribution in [0.25, 0.3) is 21.9 Å². The average Bonchev–Trinajstić information content (AvgIpc) is 2.89. The van der Waals surface area contributed by atoms with E-state index < -0.39 is 18.5 Å². The molecule has 0 saturated carbocycles. The normalized spacial score (nSPS) is 10.7. The summed E-state index contributed by atoms with van der Waals surface area (Å²) in [5, 5.41) is 3.77. The van der Waals surface area contributed by atoms with Gasteiger partial charge >= 0.3 is 5.97 Å². The van der Waals surface area contributed by atoms with Crippen LogP contribution in [0.1, 0.15) is 16.1 Å². The molecule has 0 aliphatic heterocycles. The Kier molecular flexibility index (Phi) is 7.05. The molecule has 3 aromatic carbocycles. The zero-order chi connectivity index (χ0) is 25.8. The van der Waals surface area contributed by atoms with Gasteiger partial charge in [0.1, 0.15) is 17.2 Å². The maximum atomic E-state index is 13.3. The van der Waals surface area contributed by atoms with E-state index in [9.17, 15) is 14.4 Å². The summed E-state index contributed by atoms with van der Waals surface area (Å²) in [7, 11) is 4.50. The third-order valence-electron chi connectivity index (χ3n) is 5.85. The Bertz CT molecular complexity index is 1510. The highest BCUT2D eigenvalue weighted by atomic mass is 16.5. The van der Waals surface area contributed by atoms with Crippen LogP contribution in [-0.4, -0.2) is 37.3 Å². The average molecular weight is 487 g/mol. The fourth-order valence-electron chi connectivity index (χ4n) is 4.01. The van der Waals surface area contributed by atoms with Gasteiger partial charge in [-0.2, -0.15) is 0 Å². The molecule has 0 bridgehead atoms. The second-order valence-corrected chi connectivity index (χ2v) is 8.19. The van der Waals surface area contributed by atoms with Crippen molar-refractivity contribution in [3.8, 4) is 22.6 Å². The lowest BCUT2D eigenvalue weighted by Crippen LogP contribution is -2.28. The Labute approximate surface area is 208 Å². The van der Waals surface area contributed by atoms with Gasteiger partial charge in [0.25, 0.3) is 11.5 Å². The van der Waals surface area contributed by atoms with Gasteiger partial charge < -0.3 is 24.1 Å². The molecular weight excluding hydrogens is 460 g/mol. The third kappa shape index (κ3) is 4.79. The zero-order valence-electron chi connectivity index (χ0n) is 20.5. The van der Waals surface area contributed by atoms with Crippen molar-refractivity contribution in [2.24, 2.45) is 7.05 Å². The number of fused-ring (bicyclic) bond motifs is 1. The fourth-order valence-corrected chi connectivity index (χ4v) is 4.01. The van der Waals surface area contributed by atoms with Crippen LogP contribution in [-0.2, 0) is 16.6 Å². The smallest absolute Gasteiger partial charge is 0.356 e. The van der Waals surface area contributed by atoms with Gasteiger partial charge in [-0.1, -0.05) is 48.0 Å². The van der Waals surface area contributed by atoms with Crippen LogP contribution in [0.4, 0.5) is 5.69 Å². The van der Waals surface area contributed by atoms with E-state index in [1.165, 1.54) is 25.8 Å². The van der Waals surface area contributed by atoms with Crippen molar-refractivity contribution in [2.75, 3.05) is 26.1 Å². The number of ether oxygens (including phenoxy) is 3. The first-order valence-corrected chi connectivity index (χ1v) is 11.2. The summed E-state index contributed by atoms with van der Waals surface area (Å²) >= 11 is 0. The number of anilines is 1. The Morgan fingerprint density at radius 3 is 2.28 bits per heavy atom. The van der Waals surface area contributed by atoms with Gasteiger partial charge in [-0.05, 0) is 36.1 Å². The number of aryl methyl sites for hydroxylation is 1. The minimum Gasteiger partial charge on any atom is -0.497 e. The Hall–Kier alpha value is -4.59. The van der Waals surface area contributed by atoms with Crippen LogP contribution in [0.15, 0.2) is 71.5 Å².